The van der Waals surface area contributed by atoms with Crippen LogP contribution in [0.4, 0.5) is 5.69 Å². The number of rotatable bonds is 3. The molecule has 1 amide bonds. The third-order valence-corrected chi connectivity index (χ3v) is 2.40. The van der Waals surface area contributed by atoms with Crippen molar-refractivity contribution >= 4 is 40.5 Å². The normalized spacial score (nSPS) is 9.29. The van der Waals surface area contributed by atoms with Crippen molar-refractivity contribution in [2.75, 3.05) is 18.9 Å². The molecule has 92 valence electrons. The van der Waals surface area contributed by atoms with Gasteiger partial charge in [-0.05, 0) is 36.5 Å². The van der Waals surface area contributed by atoms with Crippen molar-refractivity contribution in [2.24, 2.45) is 0 Å². The fourth-order valence-electron chi connectivity index (χ4n) is 0.983. The van der Waals surface area contributed by atoms with E-state index in [2.05, 4.69) is 21.5 Å². The molecule has 0 unspecified atom stereocenters. The fourth-order valence-corrected chi connectivity index (χ4v) is 1.16. The molecule has 0 radical (unpaired) electrons. The minimum absolute atomic E-state index is 0.140. The zero-order chi connectivity index (χ0) is 12.7. The summed E-state index contributed by atoms with van der Waals surface area (Å²) in [7, 11) is 1.66. The summed E-state index contributed by atoms with van der Waals surface area (Å²) in [5.41, 5.74) is 5.79. The van der Waals surface area contributed by atoms with Gasteiger partial charge in [0, 0.05) is 17.8 Å². The molecule has 0 aliphatic heterocycles. The van der Waals surface area contributed by atoms with Crippen molar-refractivity contribution in [1.29, 1.82) is 0 Å². The summed E-state index contributed by atoms with van der Waals surface area (Å²) in [6.07, 6.45) is 0. The van der Waals surface area contributed by atoms with Gasteiger partial charge in [-0.3, -0.25) is 15.6 Å². The van der Waals surface area contributed by atoms with Gasteiger partial charge in [-0.15, -0.1) is 0 Å². The molecule has 0 saturated carbocycles. The van der Waals surface area contributed by atoms with Crippen LogP contribution in [-0.4, -0.2) is 24.6 Å². The maximum Gasteiger partial charge on any atom is 0.257 e. The maximum absolute atomic E-state index is 11.4. The maximum atomic E-state index is 11.4. The van der Waals surface area contributed by atoms with Crippen LogP contribution in [-0.2, 0) is 4.79 Å². The molecular weight excluding hydrogens is 260 g/mol. The van der Waals surface area contributed by atoms with Crippen molar-refractivity contribution < 1.29 is 4.79 Å². The highest BCUT2D eigenvalue weighted by atomic mass is 35.5. The van der Waals surface area contributed by atoms with E-state index in [0.717, 1.165) is 5.69 Å². The largest absolute Gasteiger partial charge is 0.376 e. The standard InChI is InChI=1S/C10H13ClN4OS/c1-12-10(17)15-14-9(16)6-13-8-4-2-7(11)3-5-8/h2-5,13H,6H2,1H3,(H,14,16)(H2,12,15,17). The fraction of sp³-hybridized carbons (Fsp3) is 0.200. The third-order valence-electron chi connectivity index (χ3n) is 1.84. The molecule has 0 fully saturated rings. The monoisotopic (exact) mass is 272 g/mol. The van der Waals surface area contributed by atoms with Gasteiger partial charge >= 0.3 is 0 Å². The Kier molecular flexibility index (Phi) is 5.51. The van der Waals surface area contributed by atoms with Gasteiger partial charge in [0.15, 0.2) is 5.11 Å². The van der Waals surface area contributed by atoms with Gasteiger partial charge in [-0.1, -0.05) is 11.6 Å². The molecule has 0 aliphatic carbocycles. The van der Waals surface area contributed by atoms with Gasteiger partial charge in [-0.2, -0.15) is 0 Å². The molecule has 0 heterocycles. The quantitative estimate of drug-likeness (QED) is 0.486. The number of hydrogen-bond donors (Lipinski definition) is 4. The predicted molar refractivity (Wildman–Crippen MR) is 72.9 cm³/mol. The number of hydrazine groups is 1. The minimum atomic E-state index is -0.224. The van der Waals surface area contributed by atoms with Crippen LogP contribution in [0.15, 0.2) is 24.3 Å². The summed E-state index contributed by atoms with van der Waals surface area (Å²) in [6.45, 7) is 0.140. The molecule has 0 aromatic heterocycles. The topological polar surface area (TPSA) is 65.2 Å². The summed E-state index contributed by atoms with van der Waals surface area (Å²) >= 11 is 10.5. The Balaban J connectivity index is 2.28. The molecule has 0 spiro atoms. The summed E-state index contributed by atoms with van der Waals surface area (Å²) in [5.74, 6) is -0.224. The first kappa shape index (κ1) is 13.5. The molecule has 17 heavy (non-hydrogen) atoms. The first-order valence-corrected chi connectivity index (χ1v) is 5.66. The highest BCUT2D eigenvalue weighted by molar-refractivity contribution is 7.80. The van der Waals surface area contributed by atoms with Crippen LogP contribution in [0.25, 0.3) is 0 Å². The summed E-state index contributed by atoms with van der Waals surface area (Å²) in [5, 5.41) is 6.62. The summed E-state index contributed by atoms with van der Waals surface area (Å²) in [6, 6.07) is 7.08. The zero-order valence-corrected chi connectivity index (χ0v) is 10.8. The number of amides is 1. The Morgan fingerprint density at radius 1 is 1.29 bits per heavy atom. The van der Waals surface area contributed by atoms with Crippen LogP contribution in [0.1, 0.15) is 0 Å². The van der Waals surface area contributed by atoms with Crippen molar-refractivity contribution in [3.63, 3.8) is 0 Å². The number of carbonyl (C=O) groups excluding carboxylic acids is 1. The SMILES string of the molecule is CNC(=S)NNC(=O)CNc1ccc(Cl)cc1. The van der Waals surface area contributed by atoms with E-state index in [1.54, 1.807) is 31.3 Å². The van der Waals surface area contributed by atoms with Gasteiger partial charge in [0.05, 0.1) is 6.54 Å². The van der Waals surface area contributed by atoms with E-state index in [0.29, 0.717) is 10.1 Å². The van der Waals surface area contributed by atoms with E-state index in [1.165, 1.54) is 0 Å². The van der Waals surface area contributed by atoms with Crippen LogP contribution in [0.3, 0.4) is 0 Å². The molecule has 1 rings (SSSR count). The van der Waals surface area contributed by atoms with E-state index in [9.17, 15) is 4.79 Å². The Hall–Kier alpha value is -1.53. The van der Waals surface area contributed by atoms with Crippen LogP contribution in [0.5, 0.6) is 0 Å². The molecule has 0 bridgehead atoms. The molecule has 7 heteroatoms. The van der Waals surface area contributed by atoms with E-state index in [-0.39, 0.29) is 12.5 Å². The number of halogens is 1. The van der Waals surface area contributed by atoms with Gasteiger partial charge in [0.1, 0.15) is 0 Å². The van der Waals surface area contributed by atoms with Crippen molar-refractivity contribution in [3.05, 3.63) is 29.3 Å². The lowest BCUT2D eigenvalue weighted by Crippen LogP contribution is -2.47. The number of nitrogens with one attached hydrogen (secondary N) is 4. The molecule has 4 N–H and O–H groups in total. The predicted octanol–water partition coefficient (Wildman–Crippen LogP) is 0.877. The van der Waals surface area contributed by atoms with Crippen LogP contribution >= 0.6 is 23.8 Å². The molecule has 0 saturated heterocycles. The van der Waals surface area contributed by atoms with Gasteiger partial charge in [0.25, 0.3) is 5.91 Å². The summed E-state index contributed by atoms with van der Waals surface area (Å²) < 4.78 is 0. The van der Waals surface area contributed by atoms with E-state index < -0.39 is 0 Å². The van der Waals surface area contributed by atoms with E-state index >= 15 is 0 Å². The van der Waals surface area contributed by atoms with E-state index in [1.807, 2.05) is 0 Å². The number of thiocarbonyl (C=S) groups is 1. The lowest BCUT2D eigenvalue weighted by atomic mass is 10.3. The molecule has 1 aromatic rings. The molecule has 0 atom stereocenters. The van der Waals surface area contributed by atoms with Crippen molar-refractivity contribution in [2.45, 2.75) is 0 Å². The first-order valence-electron chi connectivity index (χ1n) is 4.88. The Morgan fingerprint density at radius 2 is 1.94 bits per heavy atom. The molecule has 1 aromatic carbocycles. The van der Waals surface area contributed by atoms with Crippen LogP contribution < -0.4 is 21.5 Å². The van der Waals surface area contributed by atoms with Crippen LogP contribution in [0, 0.1) is 0 Å². The lowest BCUT2D eigenvalue weighted by Gasteiger charge is -2.10. The van der Waals surface area contributed by atoms with Crippen molar-refractivity contribution in [1.82, 2.24) is 16.2 Å². The second-order valence-electron chi connectivity index (χ2n) is 3.11. The molecule has 5 nitrogen and oxygen atoms in total. The Bertz CT molecular complexity index is 396. The second kappa shape index (κ2) is 6.93. The number of benzene rings is 1. The Labute approximate surface area is 110 Å². The minimum Gasteiger partial charge on any atom is -0.376 e. The molecular formula is C10H13ClN4OS. The zero-order valence-electron chi connectivity index (χ0n) is 9.21. The second-order valence-corrected chi connectivity index (χ2v) is 3.96. The lowest BCUT2D eigenvalue weighted by molar-refractivity contribution is -0.119. The number of anilines is 1. The number of hydrogen-bond acceptors (Lipinski definition) is 3. The summed E-state index contributed by atoms with van der Waals surface area (Å²) in [4.78, 5) is 11.4. The first-order chi connectivity index (χ1) is 8.11. The van der Waals surface area contributed by atoms with Gasteiger partial charge in [-0.25, -0.2) is 0 Å². The average molecular weight is 273 g/mol. The third kappa shape index (κ3) is 5.37. The molecule has 0 aliphatic rings. The number of carbonyl (C=O) groups is 1. The highest BCUT2D eigenvalue weighted by Crippen LogP contribution is 2.12. The van der Waals surface area contributed by atoms with Gasteiger partial charge in [0.2, 0.25) is 0 Å². The van der Waals surface area contributed by atoms with Gasteiger partial charge < -0.3 is 10.6 Å². The highest BCUT2D eigenvalue weighted by Gasteiger charge is 2.00. The average Bonchev–Trinajstić information content (AvgIpc) is 2.35. The van der Waals surface area contributed by atoms with E-state index in [4.69, 9.17) is 23.8 Å². The van der Waals surface area contributed by atoms with Crippen molar-refractivity contribution in [3.8, 4) is 0 Å². The van der Waals surface area contributed by atoms with Crippen LogP contribution in [0.2, 0.25) is 5.02 Å². The Morgan fingerprint density at radius 3 is 2.53 bits per heavy atom. The smallest absolute Gasteiger partial charge is 0.257 e.